The number of unbranched alkanes of at least 4 members (excludes halogenated alkanes) is 3. The molecule has 5 nitrogen and oxygen atoms in total. The van der Waals surface area contributed by atoms with Crippen molar-refractivity contribution in [1.29, 1.82) is 0 Å². The molecule has 0 saturated carbocycles. The molecule has 2 rings (SSSR count). The number of furan rings is 1. The van der Waals surface area contributed by atoms with Gasteiger partial charge in [-0.1, -0.05) is 26.2 Å². The van der Waals surface area contributed by atoms with Gasteiger partial charge in [-0.25, -0.2) is 0 Å². The Kier molecular flexibility index (Phi) is 5.84. The van der Waals surface area contributed by atoms with Crippen LogP contribution >= 0.6 is 0 Å². The van der Waals surface area contributed by atoms with Crippen LogP contribution in [-0.4, -0.2) is 29.8 Å². The van der Waals surface area contributed by atoms with Crippen molar-refractivity contribution in [2.24, 2.45) is 5.92 Å². The second kappa shape index (κ2) is 7.86. The van der Waals surface area contributed by atoms with Crippen LogP contribution in [0, 0.1) is 5.92 Å². The molecule has 1 fully saturated rings. The fraction of sp³-hybridized carbons (Fsp3) is 0.625. The standard InChI is InChI=1S/C16H24N2O3/c1-2-3-4-5-8-17-16(20)13-10-15(19)18(11-13)12-14-7-6-9-21-14/h6-7,9,13H,2-5,8,10-12H2,1H3,(H,17,20). The second-order valence-electron chi connectivity index (χ2n) is 5.61. The van der Waals surface area contributed by atoms with Crippen molar-refractivity contribution in [2.75, 3.05) is 13.1 Å². The Morgan fingerprint density at radius 1 is 1.43 bits per heavy atom. The van der Waals surface area contributed by atoms with Gasteiger partial charge in [0.2, 0.25) is 11.8 Å². The summed E-state index contributed by atoms with van der Waals surface area (Å²) in [7, 11) is 0. The summed E-state index contributed by atoms with van der Waals surface area (Å²) in [5, 5.41) is 2.94. The van der Waals surface area contributed by atoms with Crippen LogP contribution in [0.2, 0.25) is 0 Å². The predicted molar refractivity (Wildman–Crippen MR) is 79.4 cm³/mol. The summed E-state index contributed by atoms with van der Waals surface area (Å²) >= 11 is 0. The van der Waals surface area contributed by atoms with Gasteiger partial charge in [0, 0.05) is 19.5 Å². The number of rotatable bonds is 8. The molecular weight excluding hydrogens is 268 g/mol. The largest absolute Gasteiger partial charge is 0.467 e. The van der Waals surface area contributed by atoms with Crippen molar-refractivity contribution in [3.05, 3.63) is 24.2 Å². The number of hydrogen-bond donors (Lipinski definition) is 1. The molecule has 1 aliphatic heterocycles. The highest BCUT2D eigenvalue weighted by Gasteiger charge is 2.34. The molecule has 0 spiro atoms. The molecule has 0 radical (unpaired) electrons. The van der Waals surface area contributed by atoms with E-state index in [2.05, 4.69) is 12.2 Å². The normalized spacial score (nSPS) is 18.2. The van der Waals surface area contributed by atoms with Crippen molar-refractivity contribution in [1.82, 2.24) is 10.2 Å². The van der Waals surface area contributed by atoms with Gasteiger partial charge >= 0.3 is 0 Å². The Bertz CT molecular complexity index is 456. The van der Waals surface area contributed by atoms with E-state index in [1.807, 2.05) is 6.07 Å². The van der Waals surface area contributed by atoms with Crippen LogP contribution in [0.15, 0.2) is 22.8 Å². The zero-order valence-corrected chi connectivity index (χ0v) is 12.6. The van der Waals surface area contributed by atoms with Gasteiger partial charge in [0.15, 0.2) is 0 Å². The zero-order valence-electron chi connectivity index (χ0n) is 12.6. The molecule has 0 bridgehead atoms. The molecule has 116 valence electrons. The van der Waals surface area contributed by atoms with Crippen LogP contribution in [0.3, 0.4) is 0 Å². The summed E-state index contributed by atoms with van der Waals surface area (Å²) in [5.41, 5.74) is 0. The van der Waals surface area contributed by atoms with Crippen LogP contribution in [0.4, 0.5) is 0 Å². The molecule has 1 saturated heterocycles. The first-order valence-electron chi connectivity index (χ1n) is 7.78. The second-order valence-corrected chi connectivity index (χ2v) is 5.61. The fourth-order valence-electron chi connectivity index (χ4n) is 2.60. The minimum atomic E-state index is -0.223. The monoisotopic (exact) mass is 292 g/mol. The Labute approximate surface area is 125 Å². The number of nitrogens with one attached hydrogen (secondary N) is 1. The van der Waals surface area contributed by atoms with Crippen molar-refractivity contribution in [2.45, 2.75) is 45.6 Å². The minimum absolute atomic E-state index is 0.00166. The Morgan fingerprint density at radius 2 is 2.29 bits per heavy atom. The number of likely N-dealkylation sites (tertiary alicyclic amines) is 1. The van der Waals surface area contributed by atoms with E-state index < -0.39 is 0 Å². The Balaban J connectivity index is 1.72. The predicted octanol–water partition coefficient (Wildman–Crippen LogP) is 2.32. The van der Waals surface area contributed by atoms with Gasteiger partial charge in [-0.05, 0) is 18.6 Å². The maximum absolute atomic E-state index is 12.1. The maximum Gasteiger partial charge on any atom is 0.225 e. The minimum Gasteiger partial charge on any atom is -0.467 e. The van der Waals surface area contributed by atoms with E-state index in [1.54, 1.807) is 17.2 Å². The summed E-state index contributed by atoms with van der Waals surface area (Å²) in [6.45, 7) is 3.81. The quantitative estimate of drug-likeness (QED) is 0.748. The first-order chi connectivity index (χ1) is 10.2. The fourth-order valence-corrected chi connectivity index (χ4v) is 2.60. The SMILES string of the molecule is CCCCCCNC(=O)C1CC(=O)N(Cc2ccco2)C1. The topological polar surface area (TPSA) is 62.6 Å². The van der Waals surface area contributed by atoms with Gasteiger partial charge in [0.1, 0.15) is 5.76 Å². The number of nitrogens with zero attached hydrogens (tertiary/aromatic N) is 1. The van der Waals surface area contributed by atoms with Crippen LogP contribution in [0.25, 0.3) is 0 Å². The van der Waals surface area contributed by atoms with E-state index in [-0.39, 0.29) is 17.7 Å². The van der Waals surface area contributed by atoms with Crippen LogP contribution < -0.4 is 5.32 Å². The molecule has 1 aromatic heterocycles. The van der Waals surface area contributed by atoms with Gasteiger partial charge < -0.3 is 14.6 Å². The smallest absolute Gasteiger partial charge is 0.225 e. The highest BCUT2D eigenvalue weighted by atomic mass is 16.3. The van der Waals surface area contributed by atoms with E-state index >= 15 is 0 Å². The Hall–Kier alpha value is -1.78. The lowest BCUT2D eigenvalue weighted by Crippen LogP contribution is -2.33. The number of hydrogen-bond acceptors (Lipinski definition) is 3. The average molecular weight is 292 g/mol. The first-order valence-corrected chi connectivity index (χ1v) is 7.78. The summed E-state index contributed by atoms with van der Waals surface area (Å²) in [5.74, 6) is 0.557. The summed E-state index contributed by atoms with van der Waals surface area (Å²) in [6, 6.07) is 3.64. The van der Waals surface area contributed by atoms with E-state index in [1.165, 1.54) is 12.8 Å². The third-order valence-corrected chi connectivity index (χ3v) is 3.84. The highest BCUT2D eigenvalue weighted by Crippen LogP contribution is 2.20. The molecule has 2 amide bonds. The van der Waals surface area contributed by atoms with E-state index in [0.29, 0.717) is 26.1 Å². The third kappa shape index (κ3) is 4.62. The third-order valence-electron chi connectivity index (χ3n) is 3.84. The van der Waals surface area contributed by atoms with E-state index in [4.69, 9.17) is 4.42 Å². The zero-order chi connectivity index (χ0) is 15.1. The van der Waals surface area contributed by atoms with Crippen LogP contribution in [-0.2, 0) is 16.1 Å². The average Bonchev–Trinajstić information content (AvgIpc) is 3.10. The van der Waals surface area contributed by atoms with Crippen LogP contribution in [0.1, 0.15) is 44.8 Å². The molecule has 1 atom stereocenters. The molecule has 0 aromatic carbocycles. The van der Waals surface area contributed by atoms with Crippen molar-refractivity contribution in [3.8, 4) is 0 Å². The molecule has 5 heteroatoms. The molecular formula is C16H24N2O3. The van der Waals surface area contributed by atoms with E-state index in [9.17, 15) is 9.59 Å². The first kappa shape index (κ1) is 15.6. The summed E-state index contributed by atoms with van der Waals surface area (Å²) in [6.07, 6.45) is 6.45. The van der Waals surface area contributed by atoms with E-state index in [0.717, 1.165) is 18.6 Å². The molecule has 0 aliphatic carbocycles. The highest BCUT2D eigenvalue weighted by molar-refractivity contribution is 5.89. The van der Waals surface area contributed by atoms with Crippen molar-refractivity contribution < 1.29 is 14.0 Å². The maximum atomic E-state index is 12.1. The molecule has 1 unspecified atom stereocenters. The van der Waals surface area contributed by atoms with Gasteiger partial charge in [-0.2, -0.15) is 0 Å². The molecule has 1 aliphatic rings. The number of carbonyl (C=O) groups is 2. The number of carbonyl (C=O) groups excluding carboxylic acids is 2. The molecule has 1 aromatic rings. The Morgan fingerprint density at radius 3 is 3.00 bits per heavy atom. The lowest BCUT2D eigenvalue weighted by Gasteiger charge is -2.15. The molecule has 2 heterocycles. The van der Waals surface area contributed by atoms with Gasteiger partial charge in [0.25, 0.3) is 0 Å². The van der Waals surface area contributed by atoms with Gasteiger partial charge in [-0.15, -0.1) is 0 Å². The summed E-state index contributed by atoms with van der Waals surface area (Å²) in [4.78, 5) is 25.7. The lowest BCUT2D eigenvalue weighted by molar-refractivity contribution is -0.129. The van der Waals surface area contributed by atoms with Crippen LogP contribution in [0.5, 0.6) is 0 Å². The van der Waals surface area contributed by atoms with Crippen molar-refractivity contribution >= 4 is 11.8 Å². The van der Waals surface area contributed by atoms with Crippen molar-refractivity contribution in [3.63, 3.8) is 0 Å². The molecule has 21 heavy (non-hydrogen) atoms. The van der Waals surface area contributed by atoms with Gasteiger partial charge in [0.05, 0.1) is 18.7 Å². The lowest BCUT2D eigenvalue weighted by atomic mass is 10.1. The molecule has 1 N–H and O–H groups in total. The summed E-state index contributed by atoms with van der Waals surface area (Å²) < 4.78 is 5.25. The van der Waals surface area contributed by atoms with Gasteiger partial charge in [-0.3, -0.25) is 9.59 Å². The number of amides is 2.